The largest absolute Gasteiger partial charge is 0.352 e. The van der Waals surface area contributed by atoms with Crippen LogP contribution in [0.25, 0.3) is 0 Å². The van der Waals surface area contributed by atoms with E-state index >= 15 is 0 Å². The van der Waals surface area contributed by atoms with Crippen molar-refractivity contribution in [2.75, 3.05) is 5.32 Å². The second kappa shape index (κ2) is 8.24. The van der Waals surface area contributed by atoms with Crippen molar-refractivity contribution in [2.45, 2.75) is 25.8 Å². The lowest BCUT2D eigenvalue weighted by atomic mass is 9.93. The molecule has 0 saturated heterocycles. The Kier molecular flexibility index (Phi) is 5.57. The molecule has 2 N–H and O–H groups in total. The zero-order valence-corrected chi connectivity index (χ0v) is 13.9. The number of carbonyl (C=O) groups is 2. The van der Waals surface area contributed by atoms with Crippen molar-refractivity contribution in [1.82, 2.24) is 10.3 Å². The first-order chi connectivity index (χ1) is 12.2. The fourth-order valence-corrected chi connectivity index (χ4v) is 2.78. The molecule has 5 nitrogen and oxygen atoms in total. The van der Waals surface area contributed by atoms with Crippen molar-refractivity contribution in [3.05, 3.63) is 72.1 Å². The third-order valence-electron chi connectivity index (χ3n) is 4.26. The van der Waals surface area contributed by atoms with Crippen molar-refractivity contribution in [1.29, 1.82) is 0 Å². The summed E-state index contributed by atoms with van der Waals surface area (Å²) in [6.07, 6.45) is 10.2. The Hall–Kier alpha value is -2.95. The van der Waals surface area contributed by atoms with Gasteiger partial charge in [0.05, 0.1) is 0 Å². The molecule has 0 unspecified atom stereocenters. The van der Waals surface area contributed by atoms with Gasteiger partial charge < -0.3 is 10.6 Å². The fraction of sp³-hybridized carbons (Fsp3) is 0.250. The first-order valence-corrected chi connectivity index (χ1v) is 8.45. The predicted octanol–water partition coefficient (Wildman–Crippen LogP) is 3.31. The number of allylic oxidation sites excluding steroid dienone is 2. The second-order valence-electron chi connectivity index (χ2n) is 6.09. The van der Waals surface area contributed by atoms with E-state index in [0.717, 1.165) is 24.8 Å². The normalized spacial score (nSPS) is 16.2. The van der Waals surface area contributed by atoms with Crippen LogP contribution >= 0.6 is 0 Å². The highest BCUT2D eigenvalue weighted by Gasteiger charge is 2.18. The van der Waals surface area contributed by atoms with Gasteiger partial charge in [-0.25, -0.2) is 0 Å². The monoisotopic (exact) mass is 335 g/mol. The van der Waals surface area contributed by atoms with E-state index in [1.807, 2.05) is 12.1 Å². The van der Waals surface area contributed by atoms with E-state index in [4.69, 9.17) is 0 Å². The first-order valence-electron chi connectivity index (χ1n) is 8.45. The molecule has 0 bridgehead atoms. The molecule has 1 atom stereocenters. The average molecular weight is 335 g/mol. The van der Waals surface area contributed by atoms with Crippen molar-refractivity contribution < 1.29 is 9.59 Å². The van der Waals surface area contributed by atoms with Crippen LogP contribution in [-0.2, 0) is 11.3 Å². The van der Waals surface area contributed by atoms with Gasteiger partial charge in [0.15, 0.2) is 0 Å². The smallest absolute Gasteiger partial charge is 0.255 e. The standard InChI is InChI=1S/C20H21N3O2/c24-19(16-4-2-1-3-5-16)22-14-15-6-8-17(9-7-15)20(25)23-18-10-12-21-13-11-18/h1-2,6-13,16H,3-5,14H2,(H,22,24)(H,21,23,25)/t16-/m1/s1. The fourth-order valence-electron chi connectivity index (χ4n) is 2.78. The summed E-state index contributed by atoms with van der Waals surface area (Å²) >= 11 is 0. The first kappa shape index (κ1) is 16.9. The molecule has 1 aromatic carbocycles. The van der Waals surface area contributed by atoms with E-state index in [2.05, 4.69) is 27.8 Å². The van der Waals surface area contributed by atoms with Crippen LogP contribution in [0.1, 0.15) is 35.2 Å². The number of pyridine rings is 1. The van der Waals surface area contributed by atoms with E-state index in [0.29, 0.717) is 17.8 Å². The number of nitrogens with zero attached hydrogens (tertiary/aromatic N) is 1. The zero-order chi connectivity index (χ0) is 17.5. The van der Waals surface area contributed by atoms with Crippen LogP contribution < -0.4 is 10.6 Å². The summed E-state index contributed by atoms with van der Waals surface area (Å²) in [5, 5.41) is 5.79. The molecule has 0 saturated carbocycles. The number of rotatable bonds is 5. The van der Waals surface area contributed by atoms with Crippen LogP contribution in [-0.4, -0.2) is 16.8 Å². The molecular weight excluding hydrogens is 314 g/mol. The number of benzene rings is 1. The minimum absolute atomic E-state index is 0.0791. The molecule has 2 amide bonds. The SMILES string of the molecule is O=C(Nc1ccncc1)c1ccc(CNC(=O)[C@@H]2CC=CCC2)cc1. The lowest BCUT2D eigenvalue weighted by Crippen LogP contribution is -2.30. The highest BCUT2D eigenvalue weighted by Crippen LogP contribution is 2.18. The van der Waals surface area contributed by atoms with Gasteiger partial charge in [-0.1, -0.05) is 24.3 Å². The molecule has 25 heavy (non-hydrogen) atoms. The Morgan fingerprint density at radius 1 is 1.04 bits per heavy atom. The molecule has 3 rings (SSSR count). The summed E-state index contributed by atoms with van der Waals surface area (Å²) < 4.78 is 0. The van der Waals surface area contributed by atoms with Gasteiger partial charge in [-0.2, -0.15) is 0 Å². The number of anilines is 1. The van der Waals surface area contributed by atoms with Crippen LogP contribution in [0.3, 0.4) is 0 Å². The quantitative estimate of drug-likeness (QED) is 0.824. The van der Waals surface area contributed by atoms with Crippen LogP contribution in [0.2, 0.25) is 0 Å². The summed E-state index contributed by atoms with van der Waals surface area (Å²) in [6, 6.07) is 10.7. The van der Waals surface area contributed by atoms with Gasteiger partial charge >= 0.3 is 0 Å². The maximum Gasteiger partial charge on any atom is 0.255 e. The molecule has 0 fully saturated rings. The van der Waals surface area contributed by atoms with Crippen molar-refractivity contribution in [3.63, 3.8) is 0 Å². The highest BCUT2D eigenvalue weighted by atomic mass is 16.2. The molecule has 1 heterocycles. The Labute approximate surface area is 147 Å². The minimum atomic E-state index is -0.171. The van der Waals surface area contributed by atoms with Crippen LogP contribution in [0.5, 0.6) is 0 Å². The van der Waals surface area contributed by atoms with Crippen molar-refractivity contribution in [3.8, 4) is 0 Å². The van der Waals surface area contributed by atoms with Gasteiger partial charge in [0.2, 0.25) is 5.91 Å². The lowest BCUT2D eigenvalue weighted by molar-refractivity contribution is -0.125. The molecule has 5 heteroatoms. The van der Waals surface area contributed by atoms with Gasteiger partial charge in [-0.05, 0) is 49.1 Å². The third kappa shape index (κ3) is 4.76. The molecule has 1 aliphatic carbocycles. The summed E-state index contributed by atoms with van der Waals surface area (Å²) in [5.41, 5.74) is 2.25. The average Bonchev–Trinajstić information content (AvgIpc) is 2.68. The Balaban J connectivity index is 1.52. The van der Waals surface area contributed by atoms with Crippen LogP contribution in [0, 0.1) is 5.92 Å². The van der Waals surface area contributed by atoms with E-state index in [1.54, 1.807) is 36.7 Å². The molecule has 0 radical (unpaired) electrons. The van der Waals surface area contributed by atoms with E-state index in [9.17, 15) is 9.59 Å². The van der Waals surface area contributed by atoms with Crippen LogP contribution in [0.4, 0.5) is 5.69 Å². The summed E-state index contributed by atoms with van der Waals surface area (Å²) in [7, 11) is 0. The van der Waals surface area contributed by atoms with E-state index in [-0.39, 0.29) is 17.7 Å². The molecular formula is C20H21N3O2. The van der Waals surface area contributed by atoms with Crippen molar-refractivity contribution in [2.24, 2.45) is 5.92 Å². The number of aromatic nitrogens is 1. The Morgan fingerprint density at radius 3 is 2.48 bits per heavy atom. The van der Waals surface area contributed by atoms with Gasteiger partial charge in [0.25, 0.3) is 5.91 Å². The maximum absolute atomic E-state index is 12.2. The molecule has 128 valence electrons. The molecule has 1 aliphatic rings. The topological polar surface area (TPSA) is 71.1 Å². The van der Waals surface area contributed by atoms with Crippen LogP contribution in [0.15, 0.2) is 60.9 Å². The predicted molar refractivity (Wildman–Crippen MR) is 97.0 cm³/mol. The summed E-state index contributed by atoms with van der Waals surface area (Å²) in [6.45, 7) is 0.477. The number of carbonyl (C=O) groups excluding carboxylic acids is 2. The second-order valence-corrected chi connectivity index (χ2v) is 6.09. The van der Waals surface area contributed by atoms with Gasteiger partial charge in [0.1, 0.15) is 0 Å². The Bertz CT molecular complexity index is 754. The summed E-state index contributed by atoms with van der Waals surface area (Å²) in [4.78, 5) is 28.2. The third-order valence-corrected chi connectivity index (χ3v) is 4.26. The van der Waals surface area contributed by atoms with Gasteiger partial charge in [0, 0.05) is 36.1 Å². The van der Waals surface area contributed by atoms with E-state index < -0.39 is 0 Å². The Morgan fingerprint density at radius 2 is 1.80 bits per heavy atom. The lowest BCUT2D eigenvalue weighted by Gasteiger charge is -2.17. The highest BCUT2D eigenvalue weighted by molar-refractivity contribution is 6.04. The molecule has 0 aliphatic heterocycles. The van der Waals surface area contributed by atoms with Gasteiger partial charge in [-0.3, -0.25) is 14.6 Å². The molecule has 0 spiro atoms. The number of hydrogen-bond donors (Lipinski definition) is 2. The van der Waals surface area contributed by atoms with Gasteiger partial charge in [-0.15, -0.1) is 0 Å². The zero-order valence-electron chi connectivity index (χ0n) is 13.9. The number of hydrogen-bond acceptors (Lipinski definition) is 3. The number of nitrogens with one attached hydrogen (secondary N) is 2. The van der Waals surface area contributed by atoms with E-state index in [1.165, 1.54) is 0 Å². The maximum atomic E-state index is 12.2. The molecule has 2 aromatic rings. The number of amides is 2. The molecule has 1 aromatic heterocycles. The summed E-state index contributed by atoms with van der Waals surface area (Å²) in [5.74, 6) is 0.00930. The van der Waals surface area contributed by atoms with Crippen molar-refractivity contribution >= 4 is 17.5 Å². The minimum Gasteiger partial charge on any atom is -0.352 e.